The number of benzene rings is 2. The number of ether oxygens (including phenoxy) is 2. The minimum atomic E-state index is -0.473. The summed E-state index contributed by atoms with van der Waals surface area (Å²) in [6.45, 7) is 1.85. The molecule has 2 aromatic carbocycles. The van der Waals surface area contributed by atoms with E-state index in [1.54, 1.807) is 61.5 Å². The first kappa shape index (κ1) is 21.6. The Kier molecular flexibility index (Phi) is 7.26. The minimum absolute atomic E-state index is 0.173. The Morgan fingerprint density at radius 1 is 1.13 bits per heavy atom. The van der Waals surface area contributed by atoms with E-state index >= 15 is 0 Å². The Hall–Kier alpha value is -3.10. The number of esters is 1. The molecule has 0 aliphatic carbocycles. The second-order valence-corrected chi connectivity index (χ2v) is 7.42. The van der Waals surface area contributed by atoms with E-state index in [0.717, 1.165) is 17.3 Å². The lowest BCUT2D eigenvalue weighted by Gasteiger charge is -2.05. The van der Waals surface area contributed by atoms with Crippen molar-refractivity contribution in [2.75, 3.05) is 13.2 Å². The SMILES string of the molecule is CCOC(=O)COc1ccc(/C=C2\SC(=NC(=O)c3ccc(Cl)cc3)NC2=O)cc1. The van der Waals surface area contributed by atoms with Crippen LogP contribution in [0.4, 0.5) is 0 Å². The molecule has 9 heteroatoms. The van der Waals surface area contributed by atoms with E-state index < -0.39 is 11.9 Å². The van der Waals surface area contributed by atoms with Crippen LogP contribution in [-0.4, -0.2) is 36.2 Å². The molecule has 0 bridgehead atoms. The molecule has 1 N–H and O–H groups in total. The van der Waals surface area contributed by atoms with Gasteiger partial charge in [-0.25, -0.2) is 4.79 Å². The molecule has 2 amide bonds. The number of amides is 2. The van der Waals surface area contributed by atoms with Gasteiger partial charge in [-0.1, -0.05) is 23.7 Å². The molecule has 154 valence electrons. The van der Waals surface area contributed by atoms with Crippen LogP contribution in [0, 0.1) is 0 Å². The molecule has 1 aliphatic heterocycles. The van der Waals surface area contributed by atoms with Gasteiger partial charge in [0.05, 0.1) is 11.5 Å². The van der Waals surface area contributed by atoms with Crippen molar-refractivity contribution in [2.24, 2.45) is 4.99 Å². The number of aliphatic imine (C=N–C) groups is 1. The van der Waals surface area contributed by atoms with Crippen LogP contribution < -0.4 is 10.1 Å². The molecular formula is C21H17ClN2O5S. The van der Waals surface area contributed by atoms with Crippen molar-refractivity contribution in [3.05, 3.63) is 69.6 Å². The summed E-state index contributed by atoms with van der Waals surface area (Å²) in [5.74, 6) is -0.753. The average molecular weight is 445 g/mol. The highest BCUT2D eigenvalue weighted by Crippen LogP contribution is 2.27. The van der Waals surface area contributed by atoms with Crippen LogP contribution in [0.15, 0.2) is 58.4 Å². The van der Waals surface area contributed by atoms with Gasteiger partial charge in [-0.05, 0) is 66.7 Å². The van der Waals surface area contributed by atoms with Crippen LogP contribution in [0.2, 0.25) is 5.02 Å². The number of hydrogen-bond donors (Lipinski definition) is 1. The Morgan fingerprint density at radius 3 is 2.50 bits per heavy atom. The molecular weight excluding hydrogens is 428 g/mol. The molecule has 3 rings (SSSR count). The molecule has 0 spiro atoms. The number of amidine groups is 1. The van der Waals surface area contributed by atoms with E-state index in [2.05, 4.69) is 10.3 Å². The fourth-order valence-corrected chi connectivity index (χ4v) is 3.33. The zero-order chi connectivity index (χ0) is 21.5. The van der Waals surface area contributed by atoms with Gasteiger partial charge in [0.15, 0.2) is 11.8 Å². The molecule has 1 fully saturated rings. The Morgan fingerprint density at radius 2 is 1.83 bits per heavy atom. The quantitative estimate of drug-likeness (QED) is 0.539. The number of nitrogens with zero attached hydrogens (tertiary/aromatic N) is 1. The Balaban J connectivity index is 1.63. The Labute approximate surface area is 182 Å². The number of carbonyl (C=O) groups excluding carboxylic acids is 3. The molecule has 7 nitrogen and oxygen atoms in total. The summed E-state index contributed by atoms with van der Waals surface area (Å²) >= 11 is 6.89. The summed E-state index contributed by atoms with van der Waals surface area (Å²) in [4.78, 5) is 40.0. The molecule has 0 aromatic heterocycles. The maximum absolute atomic E-state index is 12.2. The summed E-state index contributed by atoms with van der Waals surface area (Å²) in [5.41, 5.74) is 1.12. The van der Waals surface area contributed by atoms with E-state index in [9.17, 15) is 14.4 Å². The molecule has 0 atom stereocenters. The van der Waals surface area contributed by atoms with Gasteiger partial charge in [-0.15, -0.1) is 0 Å². The smallest absolute Gasteiger partial charge is 0.344 e. The zero-order valence-electron chi connectivity index (χ0n) is 15.9. The van der Waals surface area contributed by atoms with E-state index in [1.165, 1.54) is 0 Å². The molecule has 0 radical (unpaired) electrons. The van der Waals surface area contributed by atoms with Crippen LogP contribution in [0.5, 0.6) is 5.75 Å². The first-order valence-electron chi connectivity index (χ1n) is 8.92. The predicted molar refractivity (Wildman–Crippen MR) is 115 cm³/mol. The van der Waals surface area contributed by atoms with Gasteiger partial charge in [0.1, 0.15) is 5.75 Å². The number of hydrogen-bond acceptors (Lipinski definition) is 6. The second-order valence-electron chi connectivity index (χ2n) is 5.96. The van der Waals surface area contributed by atoms with E-state index in [1.807, 2.05) is 0 Å². The highest BCUT2D eigenvalue weighted by atomic mass is 35.5. The zero-order valence-corrected chi connectivity index (χ0v) is 17.5. The van der Waals surface area contributed by atoms with Crippen LogP contribution in [0.3, 0.4) is 0 Å². The standard InChI is InChI=1S/C21H17ClN2O5S/c1-2-28-18(25)12-29-16-9-3-13(4-10-16)11-17-20(27)24-21(30-17)23-19(26)14-5-7-15(22)8-6-14/h3-11H,2,12H2,1H3,(H,23,24,26,27)/b17-11-. The third-order valence-electron chi connectivity index (χ3n) is 3.79. The van der Waals surface area contributed by atoms with E-state index in [0.29, 0.717) is 27.8 Å². The lowest BCUT2D eigenvalue weighted by atomic mass is 10.2. The van der Waals surface area contributed by atoms with E-state index in [4.69, 9.17) is 21.1 Å². The molecule has 1 saturated heterocycles. The highest BCUT2D eigenvalue weighted by Gasteiger charge is 2.24. The number of carbonyl (C=O) groups is 3. The molecule has 0 unspecified atom stereocenters. The fraction of sp³-hybridized carbons (Fsp3) is 0.143. The highest BCUT2D eigenvalue weighted by molar-refractivity contribution is 8.18. The van der Waals surface area contributed by atoms with Crippen molar-refractivity contribution in [2.45, 2.75) is 6.92 Å². The van der Waals surface area contributed by atoms with Gasteiger partial charge in [-0.2, -0.15) is 4.99 Å². The summed E-state index contributed by atoms with van der Waals surface area (Å²) < 4.78 is 10.1. The number of nitrogens with one attached hydrogen (secondary N) is 1. The molecule has 2 aromatic rings. The maximum Gasteiger partial charge on any atom is 0.344 e. The van der Waals surface area contributed by atoms with Crippen LogP contribution in [0.1, 0.15) is 22.8 Å². The fourth-order valence-electron chi connectivity index (χ4n) is 2.39. The van der Waals surface area contributed by atoms with Crippen molar-refractivity contribution in [1.82, 2.24) is 5.32 Å². The summed E-state index contributed by atoms with van der Waals surface area (Å²) in [6.07, 6.45) is 1.67. The van der Waals surface area contributed by atoms with Crippen molar-refractivity contribution < 1.29 is 23.9 Å². The number of rotatable bonds is 6. The summed E-state index contributed by atoms with van der Waals surface area (Å²) in [7, 11) is 0. The lowest BCUT2D eigenvalue weighted by molar-refractivity contribution is -0.145. The minimum Gasteiger partial charge on any atom is -0.482 e. The summed E-state index contributed by atoms with van der Waals surface area (Å²) in [5, 5.41) is 3.30. The van der Waals surface area contributed by atoms with Gasteiger partial charge in [0.2, 0.25) is 0 Å². The Bertz CT molecular complexity index is 1020. The summed E-state index contributed by atoms with van der Waals surface area (Å²) in [6, 6.07) is 13.2. The monoisotopic (exact) mass is 444 g/mol. The first-order valence-corrected chi connectivity index (χ1v) is 10.1. The third-order valence-corrected chi connectivity index (χ3v) is 4.95. The topological polar surface area (TPSA) is 94.1 Å². The van der Waals surface area contributed by atoms with Gasteiger partial charge in [0, 0.05) is 10.6 Å². The molecule has 1 heterocycles. The van der Waals surface area contributed by atoms with Gasteiger partial charge in [-0.3, -0.25) is 9.59 Å². The second kappa shape index (κ2) is 10.1. The largest absolute Gasteiger partial charge is 0.482 e. The number of halogens is 1. The van der Waals surface area contributed by atoms with Gasteiger partial charge >= 0.3 is 5.97 Å². The molecule has 1 aliphatic rings. The third kappa shape index (κ3) is 5.95. The normalized spacial score (nSPS) is 15.9. The van der Waals surface area contributed by atoms with Crippen LogP contribution in [0.25, 0.3) is 6.08 Å². The first-order chi connectivity index (χ1) is 14.4. The van der Waals surface area contributed by atoms with Crippen molar-refractivity contribution in [3.63, 3.8) is 0 Å². The van der Waals surface area contributed by atoms with Crippen molar-refractivity contribution in [1.29, 1.82) is 0 Å². The average Bonchev–Trinajstić information content (AvgIpc) is 3.06. The lowest BCUT2D eigenvalue weighted by Crippen LogP contribution is -2.20. The van der Waals surface area contributed by atoms with Gasteiger partial charge in [0.25, 0.3) is 11.8 Å². The van der Waals surface area contributed by atoms with E-state index in [-0.39, 0.29) is 17.7 Å². The van der Waals surface area contributed by atoms with Crippen LogP contribution >= 0.6 is 23.4 Å². The van der Waals surface area contributed by atoms with Crippen molar-refractivity contribution in [3.8, 4) is 5.75 Å². The molecule has 0 saturated carbocycles. The maximum atomic E-state index is 12.2. The van der Waals surface area contributed by atoms with Gasteiger partial charge < -0.3 is 14.8 Å². The van der Waals surface area contributed by atoms with Crippen LogP contribution in [-0.2, 0) is 14.3 Å². The molecule has 30 heavy (non-hydrogen) atoms. The predicted octanol–water partition coefficient (Wildman–Crippen LogP) is 3.68. The van der Waals surface area contributed by atoms with Crippen molar-refractivity contribution >= 4 is 52.4 Å². The number of thioether (sulfide) groups is 1.